The zero-order chi connectivity index (χ0) is 15.9. The minimum Gasteiger partial charge on any atom is -0.338 e. The molecule has 4 heteroatoms. The number of carbonyl (C=O) groups is 1. The number of carbonyl (C=O) groups excluding carboxylic acids is 1. The van der Waals surface area contributed by atoms with Crippen LogP contribution in [0.15, 0.2) is 59.5 Å². The fourth-order valence-corrected chi connectivity index (χ4v) is 3.25. The average Bonchev–Trinajstić information content (AvgIpc) is 2.55. The van der Waals surface area contributed by atoms with Crippen LogP contribution in [0.1, 0.15) is 19.4 Å². The Morgan fingerprint density at radius 1 is 1.14 bits per heavy atom. The van der Waals surface area contributed by atoms with Crippen LogP contribution in [-0.4, -0.2) is 22.6 Å². The van der Waals surface area contributed by atoms with Crippen molar-refractivity contribution in [3.05, 3.63) is 65.2 Å². The second kappa shape index (κ2) is 8.25. The summed E-state index contributed by atoms with van der Waals surface area (Å²) in [5, 5.41) is 0.590. The van der Waals surface area contributed by atoms with E-state index in [0.717, 1.165) is 10.5 Å². The number of thioether (sulfide) groups is 1. The molecule has 0 spiro atoms. The predicted molar refractivity (Wildman–Crippen MR) is 94.3 cm³/mol. The molecule has 0 aliphatic carbocycles. The van der Waals surface area contributed by atoms with Crippen LogP contribution < -0.4 is 0 Å². The van der Waals surface area contributed by atoms with E-state index in [4.69, 9.17) is 11.6 Å². The van der Waals surface area contributed by atoms with Crippen molar-refractivity contribution in [3.8, 4) is 0 Å². The fourth-order valence-electron chi connectivity index (χ4n) is 2.17. The van der Waals surface area contributed by atoms with Gasteiger partial charge in [0.25, 0.3) is 0 Å². The van der Waals surface area contributed by atoms with Crippen molar-refractivity contribution in [2.45, 2.75) is 30.5 Å². The molecule has 0 saturated carbocycles. The Morgan fingerprint density at radius 2 is 1.77 bits per heavy atom. The van der Waals surface area contributed by atoms with Gasteiger partial charge in [0.05, 0.1) is 5.25 Å². The van der Waals surface area contributed by atoms with Crippen molar-refractivity contribution in [2.24, 2.45) is 0 Å². The molecule has 0 bridgehead atoms. The van der Waals surface area contributed by atoms with E-state index in [1.807, 2.05) is 73.3 Å². The van der Waals surface area contributed by atoms with E-state index in [2.05, 4.69) is 0 Å². The van der Waals surface area contributed by atoms with Gasteiger partial charge in [-0.15, -0.1) is 11.8 Å². The topological polar surface area (TPSA) is 20.3 Å². The number of hydrogen-bond donors (Lipinski definition) is 0. The lowest BCUT2D eigenvalue weighted by molar-refractivity contribution is -0.130. The third kappa shape index (κ3) is 4.79. The first-order valence-electron chi connectivity index (χ1n) is 7.35. The van der Waals surface area contributed by atoms with Crippen LogP contribution >= 0.6 is 23.4 Å². The second-order valence-electron chi connectivity index (χ2n) is 5.05. The summed E-state index contributed by atoms with van der Waals surface area (Å²) in [6, 6.07) is 17.7. The van der Waals surface area contributed by atoms with Gasteiger partial charge in [-0.25, -0.2) is 0 Å². The van der Waals surface area contributed by atoms with Crippen LogP contribution in [0.25, 0.3) is 0 Å². The van der Waals surface area contributed by atoms with E-state index in [1.165, 1.54) is 0 Å². The molecule has 1 atom stereocenters. The minimum atomic E-state index is -0.121. The van der Waals surface area contributed by atoms with Crippen molar-refractivity contribution in [3.63, 3.8) is 0 Å². The molecule has 0 N–H and O–H groups in total. The highest BCUT2D eigenvalue weighted by atomic mass is 35.5. The Hall–Kier alpha value is -1.45. The smallest absolute Gasteiger partial charge is 0.236 e. The van der Waals surface area contributed by atoms with Gasteiger partial charge in [0.15, 0.2) is 0 Å². The average molecular weight is 334 g/mol. The lowest BCUT2D eigenvalue weighted by atomic mass is 10.2. The first-order valence-corrected chi connectivity index (χ1v) is 8.61. The Labute approximate surface area is 141 Å². The highest BCUT2D eigenvalue weighted by molar-refractivity contribution is 8.00. The second-order valence-corrected chi connectivity index (χ2v) is 6.90. The van der Waals surface area contributed by atoms with Gasteiger partial charge in [0.1, 0.15) is 0 Å². The maximum Gasteiger partial charge on any atom is 0.236 e. The first kappa shape index (κ1) is 16.9. The number of benzene rings is 2. The van der Waals surface area contributed by atoms with Crippen LogP contribution in [0.2, 0.25) is 5.02 Å². The Morgan fingerprint density at radius 3 is 2.36 bits per heavy atom. The highest BCUT2D eigenvalue weighted by Gasteiger charge is 2.20. The fraction of sp³-hybridized carbons (Fsp3) is 0.278. The van der Waals surface area contributed by atoms with E-state index in [1.54, 1.807) is 11.8 Å². The number of nitrogens with zero attached hydrogens (tertiary/aromatic N) is 1. The van der Waals surface area contributed by atoms with E-state index in [9.17, 15) is 4.79 Å². The van der Waals surface area contributed by atoms with Crippen molar-refractivity contribution in [1.29, 1.82) is 0 Å². The molecule has 0 fully saturated rings. The van der Waals surface area contributed by atoms with Gasteiger partial charge in [-0.1, -0.05) is 41.9 Å². The van der Waals surface area contributed by atoms with Crippen molar-refractivity contribution >= 4 is 29.3 Å². The maximum absolute atomic E-state index is 12.6. The molecule has 0 aromatic heterocycles. The van der Waals surface area contributed by atoms with Crippen LogP contribution in [0.3, 0.4) is 0 Å². The number of halogens is 1. The molecule has 116 valence electrons. The summed E-state index contributed by atoms with van der Waals surface area (Å²) in [6.45, 7) is 5.33. The van der Waals surface area contributed by atoms with E-state index in [0.29, 0.717) is 18.1 Å². The van der Waals surface area contributed by atoms with Crippen LogP contribution in [0.4, 0.5) is 0 Å². The van der Waals surface area contributed by atoms with Crippen molar-refractivity contribution in [2.75, 3.05) is 6.54 Å². The Bertz CT molecular complexity index is 600. The summed E-state index contributed by atoms with van der Waals surface area (Å²) in [7, 11) is 0. The normalized spacial score (nSPS) is 12.0. The summed E-state index contributed by atoms with van der Waals surface area (Å²) >= 11 is 7.45. The number of rotatable bonds is 6. The monoisotopic (exact) mass is 333 g/mol. The standard InChI is InChI=1S/C18H20ClNOS/c1-3-20(13-15-7-5-4-6-8-15)18(21)14(2)22-17-11-9-16(19)10-12-17/h4-12,14H,3,13H2,1-2H3. The number of hydrogen-bond acceptors (Lipinski definition) is 2. The first-order chi connectivity index (χ1) is 10.6. The summed E-state index contributed by atoms with van der Waals surface area (Å²) in [4.78, 5) is 15.6. The predicted octanol–water partition coefficient (Wildman–Crippen LogP) is 4.87. The molecule has 2 aromatic rings. The molecule has 0 saturated heterocycles. The summed E-state index contributed by atoms with van der Waals surface area (Å²) in [6.07, 6.45) is 0. The molecule has 0 aliphatic heterocycles. The van der Waals surface area contributed by atoms with Gasteiger partial charge in [-0.05, 0) is 43.7 Å². The zero-order valence-electron chi connectivity index (χ0n) is 12.8. The third-order valence-electron chi connectivity index (χ3n) is 3.38. The SMILES string of the molecule is CCN(Cc1ccccc1)C(=O)C(C)Sc1ccc(Cl)cc1. The van der Waals surface area contributed by atoms with Gasteiger partial charge in [0, 0.05) is 23.0 Å². The third-order valence-corrected chi connectivity index (χ3v) is 4.74. The Kier molecular flexibility index (Phi) is 6.34. The molecule has 2 rings (SSSR count). The molecular formula is C18H20ClNOS. The van der Waals surface area contributed by atoms with E-state index < -0.39 is 0 Å². The van der Waals surface area contributed by atoms with Gasteiger partial charge in [-0.2, -0.15) is 0 Å². The highest BCUT2D eigenvalue weighted by Crippen LogP contribution is 2.26. The molecule has 1 amide bonds. The largest absolute Gasteiger partial charge is 0.338 e. The number of amides is 1. The van der Waals surface area contributed by atoms with Crippen LogP contribution in [-0.2, 0) is 11.3 Å². The molecule has 2 nitrogen and oxygen atoms in total. The van der Waals surface area contributed by atoms with Gasteiger partial charge < -0.3 is 4.90 Å². The van der Waals surface area contributed by atoms with Crippen LogP contribution in [0.5, 0.6) is 0 Å². The minimum absolute atomic E-state index is 0.121. The quantitative estimate of drug-likeness (QED) is 0.703. The summed E-state index contributed by atoms with van der Waals surface area (Å²) in [5.41, 5.74) is 1.15. The molecule has 0 aliphatic rings. The lowest BCUT2D eigenvalue weighted by Crippen LogP contribution is -2.35. The maximum atomic E-state index is 12.6. The molecule has 22 heavy (non-hydrogen) atoms. The van der Waals surface area contributed by atoms with Crippen LogP contribution in [0, 0.1) is 0 Å². The molecule has 2 aromatic carbocycles. The van der Waals surface area contributed by atoms with E-state index >= 15 is 0 Å². The molecule has 0 radical (unpaired) electrons. The van der Waals surface area contributed by atoms with Crippen molar-refractivity contribution in [1.82, 2.24) is 4.90 Å². The summed E-state index contributed by atoms with van der Waals surface area (Å²) < 4.78 is 0. The Balaban J connectivity index is 1.99. The molecule has 1 unspecified atom stereocenters. The summed E-state index contributed by atoms with van der Waals surface area (Å²) in [5.74, 6) is 0.159. The molecule has 0 heterocycles. The van der Waals surface area contributed by atoms with E-state index in [-0.39, 0.29) is 11.2 Å². The van der Waals surface area contributed by atoms with Gasteiger partial charge in [0.2, 0.25) is 5.91 Å². The van der Waals surface area contributed by atoms with Crippen molar-refractivity contribution < 1.29 is 4.79 Å². The van der Waals surface area contributed by atoms with Gasteiger partial charge in [-0.3, -0.25) is 4.79 Å². The molecular weight excluding hydrogens is 314 g/mol. The van der Waals surface area contributed by atoms with Gasteiger partial charge >= 0.3 is 0 Å². The lowest BCUT2D eigenvalue weighted by Gasteiger charge is -2.24. The zero-order valence-corrected chi connectivity index (χ0v) is 14.4.